The van der Waals surface area contributed by atoms with Crippen LogP contribution < -0.4 is 0 Å². The van der Waals surface area contributed by atoms with Crippen molar-refractivity contribution in [3.8, 4) is 0 Å². The van der Waals surface area contributed by atoms with Gasteiger partial charge in [0.1, 0.15) is 16.4 Å². The van der Waals surface area contributed by atoms with Crippen LogP contribution in [0.15, 0.2) is 5.03 Å². The van der Waals surface area contributed by atoms with Gasteiger partial charge < -0.3 is 19.7 Å². The van der Waals surface area contributed by atoms with Crippen LogP contribution >= 0.6 is 11.8 Å². The number of carboxylic acids is 1. The number of carboxylic acid groups (broad SMARTS) is 1. The van der Waals surface area contributed by atoms with Crippen molar-refractivity contribution >= 4 is 17.7 Å². The lowest BCUT2D eigenvalue weighted by Gasteiger charge is -2.12. The molecule has 0 aliphatic carbocycles. The zero-order chi connectivity index (χ0) is 15.8. The highest BCUT2D eigenvalue weighted by molar-refractivity contribution is 7.99. The van der Waals surface area contributed by atoms with Crippen LogP contribution in [-0.2, 0) is 9.47 Å². The Kier molecular flexibility index (Phi) is 7.58. The summed E-state index contributed by atoms with van der Waals surface area (Å²) in [7, 11) is 1.57. The second-order valence-corrected chi connectivity index (χ2v) is 5.38. The molecule has 1 aromatic rings. The van der Waals surface area contributed by atoms with Crippen LogP contribution in [0.4, 0.5) is 0 Å². The molecule has 118 valence electrons. The molecule has 0 bridgehead atoms. The molecule has 1 heterocycles. The number of aliphatic hydroxyl groups is 1. The van der Waals surface area contributed by atoms with Gasteiger partial charge >= 0.3 is 5.97 Å². The Labute approximate surface area is 127 Å². The van der Waals surface area contributed by atoms with Crippen LogP contribution in [0.1, 0.15) is 21.9 Å². The fraction of sp³-hybridized carbons (Fsp3) is 0.615. The molecule has 0 aliphatic heterocycles. The maximum absolute atomic E-state index is 11.2. The summed E-state index contributed by atoms with van der Waals surface area (Å²) in [6.45, 7) is 4.37. The van der Waals surface area contributed by atoms with Gasteiger partial charge in [-0.15, -0.1) is 11.8 Å². The van der Waals surface area contributed by atoms with E-state index in [0.717, 1.165) is 0 Å². The summed E-state index contributed by atoms with van der Waals surface area (Å²) in [6, 6.07) is 0. The summed E-state index contributed by atoms with van der Waals surface area (Å²) in [5.41, 5.74) is 0.501. The fourth-order valence-electron chi connectivity index (χ4n) is 1.62. The van der Waals surface area contributed by atoms with E-state index >= 15 is 0 Å². The highest BCUT2D eigenvalue weighted by Gasteiger charge is 2.18. The smallest absolute Gasteiger partial charge is 0.340 e. The largest absolute Gasteiger partial charge is 0.478 e. The van der Waals surface area contributed by atoms with Crippen molar-refractivity contribution in [1.29, 1.82) is 0 Å². The van der Waals surface area contributed by atoms with Crippen molar-refractivity contribution < 1.29 is 24.5 Å². The molecule has 0 saturated carbocycles. The first kappa shape index (κ1) is 17.8. The van der Waals surface area contributed by atoms with Gasteiger partial charge in [0.15, 0.2) is 0 Å². The second kappa shape index (κ2) is 8.93. The number of aryl methyl sites for hydroxylation is 2. The Morgan fingerprint density at radius 2 is 2.05 bits per heavy atom. The molecule has 1 unspecified atom stereocenters. The molecule has 1 rings (SSSR count). The van der Waals surface area contributed by atoms with Crippen LogP contribution in [0.5, 0.6) is 0 Å². The third-order valence-electron chi connectivity index (χ3n) is 2.54. The number of ether oxygens (including phenoxy) is 2. The molecule has 0 fully saturated rings. The van der Waals surface area contributed by atoms with E-state index in [-0.39, 0.29) is 12.2 Å². The Balaban J connectivity index is 2.60. The average molecular weight is 316 g/mol. The van der Waals surface area contributed by atoms with E-state index in [9.17, 15) is 15.0 Å². The number of hydrogen-bond acceptors (Lipinski definition) is 7. The van der Waals surface area contributed by atoms with Crippen LogP contribution in [0.25, 0.3) is 0 Å². The molecule has 0 aliphatic rings. The minimum atomic E-state index is -1.07. The summed E-state index contributed by atoms with van der Waals surface area (Å²) < 4.78 is 10.0. The Bertz CT molecular complexity index is 484. The number of aliphatic hydroxyl groups excluding tert-OH is 1. The van der Waals surface area contributed by atoms with Crippen molar-refractivity contribution in [3.63, 3.8) is 0 Å². The van der Waals surface area contributed by atoms with Crippen molar-refractivity contribution in [2.75, 3.05) is 32.7 Å². The van der Waals surface area contributed by atoms with E-state index in [1.165, 1.54) is 11.8 Å². The number of methoxy groups -OCH3 is 1. The Morgan fingerprint density at radius 3 is 2.67 bits per heavy atom. The number of aromatic carboxylic acids is 1. The van der Waals surface area contributed by atoms with Gasteiger partial charge in [-0.05, 0) is 13.8 Å². The van der Waals surface area contributed by atoms with E-state index in [0.29, 0.717) is 35.5 Å². The van der Waals surface area contributed by atoms with Gasteiger partial charge in [0.25, 0.3) is 0 Å². The van der Waals surface area contributed by atoms with Crippen LogP contribution in [0.2, 0.25) is 0 Å². The molecule has 7 nitrogen and oxygen atoms in total. The monoisotopic (exact) mass is 316 g/mol. The molecule has 2 N–H and O–H groups in total. The third kappa shape index (κ3) is 5.96. The summed E-state index contributed by atoms with van der Waals surface area (Å²) in [4.78, 5) is 19.4. The van der Waals surface area contributed by atoms with E-state index in [1.54, 1.807) is 21.0 Å². The molecular weight excluding hydrogens is 296 g/mol. The number of carbonyl (C=O) groups is 1. The molecule has 0 saturated heterocycles. The standard InChI is InChI=1S/C13H20N2O5S/c1-8-11(13(17)18)12(15-9(2)14-8)21-7-10(16)6-20-5-4-19-3/h10,16H,4-7H2,1-3H3,(H,17,18). The fourth-order valence-corrected chi connectivity index (χ4v) is 2.64. The number of rotatable bonds is 9. The van der Waals surface area contributed by atoms with Gasteiger partial charge in [-0.25, -0.2) is 14.8 Å². The highest BCUT2D eigenvalue weighted by atomic mass is 32.2. The zero-order valence-electron chi connectivity index (χ0n) is 12.3. The quantitative estimate of drug-likeness (QED) is 0.394. The van der Waals surface area contributed by atoms with Crippen molar-refractivity contribution in [3.05, 3.63) is 17.1 Å². The predicted octanol–water partition coefficient (Wildman–Crippen LogP) is 0.908. The highest BCUT2D eigenvalue weighted by Crippen LogP contribution is 2.23. The molecule has 1 aromatic heterocycles. The first-order valence-electron chi connectivity index (χ1n) is 6.41. The minimum Gasteiger partial charge on any atom is -0.478 e. The van der Waals surface area contributed by atoms with E-state index in [4.69, 9.17) is 9.47 Å². The molecular formula is C13H20N2O5S. The average Bonchev–Trinajstić information content (AvgIpc) is 2.40. The first-order chi connectivity index (χ1) is 9.95. The summed E-state index contributed by atoms with van der Waals surface area (Å²) >= 11 is 1.18. The molecule has 0 aromatic carbocycles. The SMILES string of the molecule is COCCOCC(O)CSc1nc(C)nc(C)c1C(=O)O. The van der Waals surface area contributed by atoms with Crippen molar-refractivity contribution in [1.82, 2.24) is 9.97 Å². The zero-order valence-corrected chi connectivity index (χ0v) is 13.1. The number of thioether (sulfide) groups is 1. The summed E-state index contributed by atoms with van der Waals surface area (Å²) in [5, 5.41) is 19.4. The lowest BCUT2D eigenvalue weighted by atomic mass is 10.2. The molecule has 0 spiro atoms. The van der Waals surface area contributed by atoms with Gasteiger partial charge in [0.05, 0.1) is 31.6 Å². The van der Waals surface area contributed by atoms with Gasteiger partial charge in [0.2, 0.25) is 0 Å². The number of hydrogen-bond donors (Lipinski definition) is 2. The molecule has 21 heavy (non-hydrogen) atoms. The summed E-state index contributed by atoms with van der Waals surface area (Å²) in [6.07, 6.45) is -0.705. The van der Waals surface area contributed by atoms with Crippen molar-refractivity contribution in [2.24, 2.45) is 0 Å². The summed E-state index contributed by atoms with van der Waals surface area (Å²) in [5.74, 6) is -0.268. The van der Waals surface area contributed by atoms with E-state index in [1.807, 2.05) is 0 Å². The predicted molar refractivity (Wildman–Crippen MR) is 77.9 cm³/mol. The Morgan fingerprint density at radius 1 is 1.33 bits per heavy atom. The van der Waals surface area contributed by atoms with Crippen LogP contribution in [0, 0.1) is 13.8 Å². The van der Waals surface area contributed by atoms with E-state index < -0.39 is 12.1 Å². The lowest BCUT2D eigenvalue weighted by Crippen LogP contribution is -2.20. The van der Waals surface area contributed by atoms with Crippen LogP contribution in [0.3, 0.4) is 0 Å². The van der Waals surface area contributed by atoms with E-state index in [2.05, 4.69) is 9.97 Å². The molecule has 0 radical (unpaired) electrons. The van der Waals surface area contributed by atoms with Gasteiger partial charge in [-0.3, -0.25) is 0 Å². The first-order valence-corrected chi connectivity index (χ1v) is 7.40. The Hall–Kier alpha value is -1.22. The topological polar surface area (TPSA) is 102 Å². The maximum Gasteiger partial charge on any atom is 0.340 e. The maximum atomic E-state index is 11.2. The minimum absolute atomic E-state index is 0.0816. The van der Waals surface area contributed by atoms with Gasteiger partial charge in [-0.2, -0.15) is 0 Å². The third-order valence-corrected chi connectivity index (χ3v) is 3.66. The molecule has 1 atom stereocenters. The lowest BCUT2D eigenvalue weighted by molar-refractivity contribution is 0.0218. The number of nitrogens with zero attached hydrogens (tertiary/aromatic N) is 2. The molecule has 0 amide bonds. The number of aromatic nitrogens is 2. The van der Waals surface area contributed by atoms with Crippen molar-refractivity contribution in [2.45, 2.75) is 25.0 Å². The van der Waals surface area contributed by atoms with Gasteiger partial charge in [-0.1, -0.05) is 0 Å². The molecule has 8 heteroatoms. The van der Waals surface area contributed by atoms with Crippen LogP contribution in [-0.4, -0.2) is 64.9 Å². The second-order valence-electron chi connectivity index (χ2n) is 4.37. The normalized spacial score (nSPS) is 12.4. The van der Waals surface area contributed by atoms with Gasteiger partial charge in [0, 0.05) is 12.9 Å².